The molecule has 1 aliphatic heterocycles. The van der Waals surface area contributed by atoms with Gasteiger partial charge in [0, 0.05) is 6.92 Å². The molecule has 1 unspecified atom stereocenters. The summed E-state index contributed by atoms with van der Waals surface area (Å²) in [4.78, 5) is 33.4. The first-order valence-corrected chi connectivity index (χ1v) is 6.67. The minimum Gasteiger partial charge on any atom is -0.484 e. The van der Waals surface area contributed by atoms with Gasteiger partial charge in [-0.05, 0) is 0 Å². The second-order valence-corrected chi connectivity index (χ2v) is 5.09. The van der Waals surface area contributed by atoms with E-state index in [4.69, 9.17) is 19.3 Å². The van der Waals surface area contributed by atoms with Crippen molar-refractivity contribution in [2.45, 2.75) is 13.0 Å². The molecule has 8 nitrogen and oxygen atoms in total. The molecule has 0 saturated carbocycles. The van der Waals surface area contributed by atoms with E-state index in [1.54, 1.807) is 0 Å². The van der Waals surface area contributed by atoms with Crippen LogP contribution in [0.3, 0.4) is 0 Å². The van der Waals surface area contributed by atoms with Gasteiger partial charge in [0.2, 0.25) is 0 Å². The van der Waals surface area contributed by atoms with Gasteiger partial charge in [0.25, 0.3) is 0 Å². The Morgan fingerprint density at radius 1 is 1.33 bits per heavy atom. The first kappa shape index (κ1) is 15.1. The average Bonchev–Trinajstić information content (AvgIpc) is 2.83. The molecule has 114 valence electrons. The van der Waals surface area contributed by atoms with Crippen LogP contribution in [0.15, 0.2) is 0 Å². The van der Waals surface area contributed by atoms with Crippen LogP contribution < -0.4 is 9.47 Å². The van der Waals surface area contributed by atoms with Crippen molar-refractivity contribution in [3.63, 3.8) is 0 Å². The summed E-state index contributed by atoms with van der Waals surface area (Å²) in [5, 5.41) is 9.15. The number of rotatable bonds is 4. The van der Waals surface area contributed by atoms with E-state index in [1.165, 1.54) is 14.0 Å². The lowest BCUT2D eigenvalue weighted by Crippen LogP contribution is -2.34. The second kappa shape index (κ2) is 6.00. The maximum Gasteiger partial charge on any atom is 0.352 e. The Kier molecular flexibility index (Phi) is 4.32. The molecule has 0 aliphatic carbocycles. The van der Waals surface area contributed by atoms with Crippen LogP contribution in [-0.4, -0.2) is 49.4 Å². The van der Waals surface area contributed by atoms with E-state index in [0.29, 0.717) is 11.3 Å². The van der Waals surface area contributed by atoms with Gasteiger partial charge < -0.3 is 24.1 Å². The Morgan fingerprint density at radius 2 is 2.05 bits per heavy atom. The molecule has 1 aromatic heterocycles. The number of aromatic carboxylic acids is 1. The van der Waals surface area contributed by atoms with E-state index < -0.39 is 24.0 Å². The summed E-state index contributed by atoms with van der Waals surface area (Å²) in [7, 11) is 1.18. The maximum atomic E-state index is 11.6. The van der Waals surface area contributed by atoms with Crippen LogP contribution in [0.4, 0.5) is 0 Å². The van der Waals surface area contributed by atoms with E-state index in [1.807, 2.05) is 0 Å². The maximum absolute atomic E-state index is 11.6. The molecule has 2 heterocycles. The molecule has 0 fully saturated rings. The Labute approximate surface area is 123 Å². The fourth-order valence-electron chi connectivity index (χ4n) is 1.68. The van der Waals surface area contributed by atoms with Gasteiger partial charge in [-0.15, -0.1) is 11.3 Å². The van der Waals surface area contributed by atoms with E-state index in [0.717, 1.165) is 0 Å². The number of carbonyl (C=O) groups is 3. The number of esters is 2. The van der Waals surface area contributed by atoms with Crippen molar-refractivity contribution in [2.24, 2.45) is 0 Å². The third kappa shape index (κ3) is 3.07. The molecule has 0 radical (unpaired) electrons. The zero-order chi connectivity index (χ0) is 15.6. The summed E-state index contributed by atoms with van der Waals surface area (Å²) in [6, 6.07) is 0. The molecule has 2 rings (SSSR count). The molecule has 9 heteroatoms. The van der Waals surface area contributed by atoms with Crippen molar-refractivity contribution in [2.75, 3.05) is 20.3 Å². The zero-order valence-corrected chi connectivity index (χ0v) is 12.0. The van der Waals surface area contributed by atoms with Crippen molar-refractivity contribution in [1.29, 1.82) is 0 Å². The van der Waals surface area contributed by atoms with Gasteiger partial charge >= 0.3 is 17.9 Å². The van der Waals surface area contributed by atoms with Crippen molar-refractivity contribution >= 4 is 29.2 Å². The van der Waals surface area contributed by atoms with Crippen molar-refractivity contribution in [3.05, 3.63) is 9.75 Å². The number of fused-ring (bicyclic) bond motifs is 1. The molecule has 0 saturated heterocycles. The summed E-state index contributed by atoms with van der Waals surface area (Å²) in [5.74, 6) is -2.43. The topological polar surface area (TPSA) is 108 Å². The van der Waals surface area contributed by atoms with E-state index >= 15 is 0 Å². The van der Waals surface area contributed by atoms with Crippen molar-refractivity contribution < 1.29 is 38.4 Å². The Hall–Kier alpha value is -2.29. The molecule has 0 aromatic carbocycles. The summed E-state index contributed by atoms with van der Waals surface area (Å²) >= 11 is 0.711. The lowest BCUT2D eigenvalue weighted by molar-refractivity contribution is -0.144. The molecule has 1 atom stereocenters. The quantitative estimate of drug-likeness (QED) is 0.817. The summed E-state index contributed by atoms with van der Waals surface area (Å²) in [5.41, 5.74) is 0. The molecule has 0 bridgehead atoms. The molecule has 0 spiro atoms. The highest BCUT2D eigenvalue weighted by molar-refractivity contribution is 7.16. The Balaban J connectivity index is 2.29. The lowest BCUT2D eigenvalue weighted by atomic mass is 10.3. The van der Waals surface area contributed by atoms with Gasteiger partial charge in [0.15, 0.2) is 27.4 Å². The zero-order valence-electron chi connectivity index (χ0n) is 11.2. The van der Waals surface area contributed by atoms with E-state index in [2.05, 4.69) is 4.74 Å². The van der Waals surface area contributed by atoms with Crippen LogP contribution in [0.1, 0.15) is 26.3 Å². The number of hydrogen-bond acceptors (Lipinski definition) is 8. The van der Waals surface area contributed by atoms with Crippen LogP contribution in [0.25, 0.3) is 0 Å². The van der Waals surface area contributed by atoms with Gasteiger partial charge in [-0.3, -0.25) is 4.79 Å². The predicted octanol–water partition coefficient (Wildman–Crippen LogP) is 0.936. The molecule has 1 aromatic rings. The lowest BCUT2D eigenvalue weighted by Gasteiger charge is -2.24. The monoisotopic (exact) mass is 316 g/mol. The molecule has 0 amide bonds. The van der Waals surface area contributed by atoms with Crippen LogP contribution in [0, 0.1) is 0 Å². The first-order valence-electron chi connectivity index (χ1n) is 5.85. The highest BCUT2D eigenvalue weighted by Gasteiger charge is 2.35. The van der Waals surface area contributed by atoms with Crippen LogP contribution >= 0.6 is 11.3 Å². The number of hydrogen-bond donors (Lipinski definition) is 1. The number of ether oxygens (including phenoxy) is 4. The van der Waals surface area contributed by atoms with Gasteiger partial charge in [0.1, 0.15) is 13.2 Å². The minimum atomic E-state index is -1.25. The summed E-state index contributed by atoms with van der Waals surface area (Å²) in [6.45, 7) is 1.20. The SMILES string of the molecule is COC(=O)c1sc(C(=O)O)c2c1OCC(COC(C)=O)O2. The normalized spacial score (nSPS) is 16.2. The number of carboxylic acid groups (broad SMARTS) is 1. The highest BCUT2D eigenvalue weighted by atomic mass is 32.1. The predicted molar refractivity (Wildman–Crippen MR) is 69.2 cm³/mol. The van der Waals surface area contributed by atoms with Gasteiger partial charge in [0.05, 0.1) is 7.11 Å². The van der Waals surface area contributed by atoms with E-state index in [-0.39, 0.29) is 34.5 Å². The number of carboxylic acids is 1. The van der Waals surface area contributed by atoms with Gasteiger partial charge in [-0.25, -0.2) is 9.59 Å². The second-order valence-electron chi connectivity index (χ2n) is 4.07. The largest absolute Gasteiger partial charge is 0.484 e. The van der Waals surface area contributed by atoms with Gasteiger partial charge in [-0.1, -0.05) is 0 Å². The van der Waals surface area contributed by atoms with Crippen molar-refractivity contribution in [1.82, 2.24) is 0 Å². The van der Waals surface area contributed by atoms with E-state index in [9.17, 15) is 14.4 Å². The minimum absolute atomic E-state index is 0.0239. The average molecular weight is 316 g/mol. The highest BCUT2D eigenvalue weighted by Crippen LogP contribution is 2.45. The first-order chi connectivity index (χ1) is 9.93. The molecule has 1 N–H and O–H groups in total. The summed E-state index contributed by atoms with van der Waals surface area (Å²) in [6.07, 6.45) is -0.639. The number of carbonyl (C=O) groups excluding carboxylic acids is 2. The van der Waals surface area contributed by atoms with Crippen LogP contribution in [0.5, 0.6) is 11.5 Å². The third-order valence-corrected chi connectivity index (χ3v) is 3.68. The van der Waals surface area contributed by atoms with Gasteiger partial charge in [-0.2, -0.15) is 0 Å². The molecule has 21 heavy (non-hydrogen) atoms. The number of thiophene rings is 1. The molecular formula is C12H12O8S. The fourth-order valence-corrected chi connectivity index (χ4v) is 2.61. The summed E-state index contributed by atoms with van der Waals surface area (Å²) < 4.78 is 20.2. The van der Waals surface area contributed by atoms with Crippen LogP contribution in [0.2, 0.25) is 0 Å². The molecule has 1 aliphatic rings. The van der Waals surface area contributed by atoms with Crippen molar-refractivity contribution in [3.8, 4) is 11.5 Å². The fraction of sp³-hybridized carbons (Fsp3) is 0.417. The standard InChI is InChI=1S/C12H12O8S/c1-5(13)18-3-6-4-19-7-8(20-6)9(11(14)15)21-10(7)12(16)17-2/h6H,3-4H2,1-2H3,(H,14,15). The Morgan fingerprint density at radius 3 is 2.62 bits per heavy atom. The molecular weight excluding hydrogens is 304 g/mol. The Bertz CT molecular complexity index is 590. The number of methoxy groups -OCH3 is 1. The van der Waals surface area contributed by atoms with Crippen LogP contribution in [-0.2, 0) is 14.3 Å². The smallest absolute Gasteiger partial charge is 0.352 e. The third-order valence-electron chi connectivity index (χ3n) is 2.56.